The molecule has 20 heavy (non-hydrogen) atoms. The van der Waals surface area contributed by atoms with Crippen LogP contribution in [0.15, 0.2) is 18.2 Å². The molecule has 1 unspecified atom stereocenters. The molecular weight excluding hydrogens is 282 g/mol. The van der Waals surface area contributed by atoms with Gasteiger partial charge < -0.3 is 5.32 Å². The lowest BCUT2D eigenvalue weighted by molar-refractivity contribution is 0.705. The van der Waals surface area contributed by atoms with E-state index < -0.39 is 0 Å². The Balaban J connectivity index is 1.89. The van der Waals surface area contributed by atoms with Gasteiger partial charge in [-0.2, -0.15) is 0 Å². The molecule has 0 bridgehead atoms. The van der Waals surface area contributed by atoms with Crippen LogP contribution in [-0.4, -0.2) is 7.05 Å². The molecule has 0 saturated carbocycles. The lowest BCUT2D eigenvalue weighted by atomic mass is 10.1. The van der Waals surface area contributed by atoms with E-state index in [1.807, 2.05) is 22.7 Å². The molecular formula is C17H23NS2. The van der Waals surface area contributed by atoms with E-state index in [0.717, 1.165) is 6.42 Å². The van der Waals surface area contributed by atoms with E-state index in [9.17, 15) is 0 Å². The van der Waals surface area contributed by atoms with Crippen molar-refractivity contribution in [3.05, 3.63) is 43.3 Å². The zero-order chi connectivity index (χ0) is 13.9. The predicted molar refractivity (Wildman–Crippen MR) is 90.2 cm³/mol. The molecule has 0 saturated heterocycles. The van der Waals surface area contributed by atoms with Gasteiger partial charge in [-0.25, -0.2) is 0 Å². The summed E-state index contributed by atoms with van der Waals surface area (Å²) in [6.07, 6.45) is 7.86. The van der Waals surface area contributed by atoms with Crippen LogP contribution in [0.2, 0.25) is 0 Å². The summed E-state index contributed by atoms with van der Waals surface area (Å²) in [5.74, 6) is 0. The van der Waals surface area contributed by atoms with Gasteiger partial charge in [0, 0.05) is 19.5 Å². The first-order valence-electron chi connectivity index (χ1n) is 7.69. The van der Waals surface area contributed by atoms with Crippen LogP contribution in [0.3, 0.4) is 0 Å². The van der Waals surface area contributed by atoms with Crippen molar-refractivity contribution in [2.24, 2.45) is 0 Å². The molecule has 0 aromatic carbocycles. The summed E-state index contributed by atoms with van der Waals surface area (Å²) in [4.78, 5) is 6.09. The second-order valence-corrected chi connectivity index (χ2v) is 7.91. The van der Waals surface area contributed by atoms with Gasteiger partial charge >= 0.3 is 0 Å². The summed E-state index contributed by atoms with van der Waals surface area (Å²) < 4.78 is 0. The summed E-state index contributed by atoms with van der Waals surface area (Å²) in [5, 5.41) is 3.52. The minimum atomic E-state index is 0.386. The highest BCUT2D eigenvalue weighted by Gasteiger charge is 2.20. The normalized spacial score (nSPS) is 16.7. The van der Waals surface area contributed by atoms with Crippen molar-refractivity contribution < 1.29 is 0 Å². The zero-order valence-corrected chi connectivity index (χ0v) is 14.0. The molecule has 1 aliphatic rings. The molecule has 1 atom stereocenters. The average molecular weight is 306 g/mol. The predicted octanol–water partition coefficient (Wildman–Crippen LogP) is 4.95. The van der Waals surface area contributed by atoms with Crippen molar-refractivity contribution in [2.75, 3.05) is 7.05 Å². The van der Waals surface area contributed by atoms with E-state index in [1.54, 1.807) is 10.4 Å². The topological polar surface area (TPSA) is 12.0 Å². The van der Waals surface area contributed by atoms with Crippen LogP contribution in [0.5, 0.6) is 0 Å². The Morgan fingerprint density at radius 2 is 1.95 bits per heavy atom. The van der Waals surface area contributed by atoms with Gasteiger partial charge in [0.05, 0.1) is 6.04 Å². The maximum atomic E-state index is 3.52. The number of fused-ring (bicyclic) bond motifs is 1. The molecule has 0 aliphatic heterocycles. The van der Waals surface area contributed by atoms with E-state index in [1.165, 1.54) is 46.7 Å². The van der Waals surface area contributed by atoms with Crippen LogP contribution < -0.4 is 5.32 Å². The van der Waals surface area contributed by atoms with Gasteiger partial charge in [-0.15, -0.1) is 22.7 Å². The third-order valence-electron chi connectivity index (χ3n) is 4.15. The standard InChI is InChI=1S/C17H23NS2/c1-3-13-9-10-15(19-13)17(18-2)16-11-12-7-5-4-6-8-14(12)20-16/h9-11,17-18H,3-8H2,1-2H3. The van der Waals surface area contributed by atoms with Gasteiger partial charge in [0.15, 0.2) is 0 Å². The Kier molecular flexibility index (Phi) is 4.59. The van der Waals surface area contributed by atoms with Crippen molar-refractivity contribution in [1.82, 2.24) is 5.32 Å². The van der Waals surface area contributed by atoms with E-state index >= 15 is 0 Å². The third kappa shape index (κ3) is 2.85. The summed E-state index contributed by atoms with van der Waals surface area (Å²) in [6.45, 7) is 2.23. The molecule has 1 nitrogen and oxygen atoms in total. The molecule has 1 N–H and O–H groups in total. The summed E-state index contributed by atoms with van der Waals surface area (Å²) in [5.41, 5.74) is 1.62. The molecule has 0 amide bonds. The lowest BCUT2D eigenvalue weighted by Crippen LogP contribution is -2.15. The monoisotopic (exact) mass is 305 g/mol. The van der Waals surface area contributed by atoms with Crippen molar-refractivity contribution in [3.8, 4) is 0 Å². The van der Waals surface area contributed by atoms with Crippen LogP contribution >= 0.6 is 22.7 Å². The molecule has 2 aromatic rings. The van der Waals surface area contributed by atoms with Gasteiger partial charge in [0.1, 0.15) is 0 Å². The molecule has 0 spiro atoms. The van der Waals surface area contributed by atoms with Crippen LogP contribution in [0.1, 0.15) is 57.3 Å². The minimum Gasteiger partial charge on any atom is -0.308 e. The zero-order valence-electron chi connectivity index (χ0n) is 12.4. The Hall–Kier alpha value is -0.640. The molecule has 0 fully saturated rings. The smallest absolute Gasteiger partial charge is 0.0762 e. The van der Waals surface area contributed by atoms with Crippen LogP contribution in [0.25, 0.3) is 0 Å². The molecule has 108 valence electrons. The van der Waals surface area contributed by atoms with Gasteiger partial charge in [0.25, 0.3) is 0 Å². The highest BCUT2D eigenvalue weighted by atomic mass is 32.1. The Morgan fingerprint density at radius 3 is 2.70 bits per heavy atom. The first-order valence-corrected chi connectivity index (χ1v) is 9.32. The maximum absolute atomic E-state index is 3.52. The summed E-state index contributed by atoms with van der Waals surface area (Å²) in [7, 11) is 2.08. The van der Waals surface area contributed by atoms with Crippen molar-refractivity contribution in [3.63, 3.8) is 0 Å². The summed E-state index contributed by atoms with van der Waals surface area (Å²) >= 11 is 3.99. The first-order chi connectivity index (χ1) is 9.81. The Bertz CT molecular complexity index is 544. The van der Waals surface area contributed by atoms with E-state index in [0.29, 0.717) is 6.04 Å². The molecule has 3 rings (SSSR count). The van der Waals surface area contributed by atoms with E-state index in [2.05, 4.69) is 37.5 Å². The number of thiophene rings is 2. The molecule has 0 radical (unpaired) electrons. The van der Waals surface area contributed by atoms with Gasteiger partial charge in [-0.05, 0) is 62.9 Å². The fourth-order valence-electron chi connectivity index (χ4n) is 3.00. The lowest BCUT2D eigenvalue weighted by Gasteiger charge is -2.12. The van der Waals surface area contributed by atoms with Crippen LogP contribution in [-0.2, 0) is 19.3 Å². The van der Waals surface area contributed by atoms with Crippen LogP contribution in [0, 0.1) is 0 Å². The first kappa shape index (κ1) is 14.3. The number of hydrogen-bond acceptors (Lipinski definition) is 3. The van der Waals surface area contributed by atoms with Gasteiger partial charge in [-0.3, -0.25) is 0 Å². The van der Waals surface area contributed by atoms with Crippen molar-refractivity contribution in [1.29, 1.82) is 0 Å². The van der Waals surface area contributed by atoms with Gasteiger partial charge in [-0.1, -0.05) is 13.3 Å². The second kappa shape index (κ2) is 6.42. The minimum absolute atomic E-state index is 0.386. The van der Waals surface area contributed by atoms with Crippen molar-refractivity contribution in [2.45, 2.75) is 51.5 Å². The number of hydrogen-bond donors (Lipinski definition) is 1. The fraction of sp³-hybridized carbons (Fsp3) is 0.529. The van der Waals surface area contributed by atoms with E-state index in [-0.39, 0.29) is 0 Å². The molecule has 3 heteroatoms. The fourth-order valence-corrected chi connectivity index (χ4v) is 5.54. The van der Waals surface area contributed by atoms with Gasteiger partial charge in [0.2, 0.25) is 0 Å². The quantitative estimate of drug-likeness (QED) is 0.788. The molecule has 1 aliphatic carbocycles. The third-order valence-corrected chi connectivity index (χ3v) is 6.75. The Morgan fingerprint density at radius 1 is 1.10 bits per heavy atom. The summed E-state index contributed by atoms with van der Waals surface area (Å²) in [6, 6.07) is 7.44. The highest BCUT2D eigenvalue weighted by Crippen LogP contribution is 2.36. The van der Waals surface area contributed by atoms with E-state index in [4.69, 9.17) is 0 Å². The number of aryl methyl sites for hydroxylation is 3. The van der Waals surface area contributed by atoms with Crippen molar-refractivity contribution >= 4 is 22.7 Å². The average Bonchev–Trinajstić information content (AvgIpc) is 3.03. The maximum Gasteiger partial charge on any atom is 0.0762 e. The number of nitrogens with one attached hydrogen (secondary N) is 1. The van der Waals surface area contributed by atoms with Crippen LogP contribution in [0.4, 0.5) is 0 Å². The number of rotatable bonds is 4. The second-order valence-electron chi connectivity index (χ2n) is 5.54. The largest absolute Gasteiger partial charge is 0.308 e. The Labute approximate surface area is 130 Å². The molecule has 2 heterocycles. The SMILES string of the molecule is CCc1ccc(C(NC)c2cc3c(s2)CCCCC3)s1. The highest BCUT2D eigenvalue weighted by molar-refractivity contribution is 7.13. The molecule has 2 aromatic heterocycles.